The van der Waals surface area contributed by atoms with Crippen LogP contribution in [0.2, 0.25) is 0 Å². The number of carbonyl (C=O) groups is 2. The van der Waals surface area contributed by atoms with Gasteiger partial charge < -0.3 is 33.7 Å². The zero-order valence-electron chi connectivity index (χ0n) is 19.8. The van der Waals surface area contributed by atoms with Crippen LogP contribution in [0.15, 0.2) is 22.7 Å². The van der Waals surface area contributed by atoms with Crippen LogP contribution in [0.3, 0.4) is 0 Å². The second-order valence-electron chi connectivity index (χ2n) is 8.57. The summed E-state index contributed by atoms with van der Waals surface area (Å²) in [5.74, 6) is 1.62. The maximum atomic E-state index is 13.6. The number of amides is 2. The lowest BCUT2D eigenvalue weighted by Crippen LogP contribution is -2.37. The fourth-order valence-electron chi connectivity index (χ4n) is 3.97. The lowest BCUT2D eigenvalue weighted by molar-refractivity contribution is 0.0486. The van der Waals surface area contributed by atoms with E-state index in [2.05, 4.69) is 10.5 Å². The van der Waals surface area contributed by atoms with Crippen molar-refractivity contribution in [1.29, 1.82) is 0 Å². The summed E-state index contributed by atoms with van der Waals surface area (Å²) in [6.45, 7) is 1.83. The molecule has 10 nitrogen and oxygen atoms in total. The van der Waals surface area contributed by atoms with E-state index in [-0.39, 0.29) is 30.2 Å². The van der Waals surface area contributed by atoms with Crippen molar-refractivity contribution >= 4 is 11.8 Å². The highest BCUT2D eigenvalue weighted by Crippen LogP contribution is 2.38. The van der Waals surface area contributed by atoms with Gasteiger partial charge in [0.2, 0.25) is 5.75 Å². The predicted octanol–water partition coefficient (Wildman–Crippen LogP) is 2.66. The van der Waals surface area contributed by atoms with Crippen molar-refractivity contribution in [2.75, 3.05) is 41.0 Å². The van der Waals surface area contributed by atoms with Crippen molar-refractivity contribution in [3.05, 3.63) is 35.2 Å². The summed E-state index contributed by atoms with van der Waals surface area (Å²) < 4.78 is 27.3. The molecule has 34 heavy (non-hydrogen) atoms. The van der Waals surface area contributed by atoms with E-state index in [1.165, 1.54) is 21.3 Å². The molecule has 184 valence electrons. The third-order valence-corrected chi connectivity index (χ3v) is 6.03. The standard InChI is InChI=1S/C24H31N3O7/c1-30-20-9-16(10-21(31-2)22(20)32-3)24(29)27(13-17-5-4-8-33-17)14-18-11-19(26-34-18)23(28)25-12-15-6-7-15/h9-11,15,17H,4-8,12-14H2,1-3H3,(H,25,28). The van der Waals surface area contributed by atoms with Gasteiger partial charge in [0.1, 0.15) is 0 Å². The average Bonchev–Trinajstić information content (AvgIpc) is 3.32. The monoisotopic (exact) mass is 473 g/mol. The number of benzene rings is 1. The quantitative estimate of drug-likeness (QED) is 0.530. The average molecular weight is 474 g/mol. The Morgan fingerprint density at radius 3 is 2.41 bits per heavy atom. The third kappa shape index (κ3) is 5.61. The minimum absolute atomic E-state index is 0.0739. The lowest BCUT2D eigenvalue weighted by atomic mass is 10.1. The number of ether oxygens (including phenoxy) is 4. The SMILES string of the molecule is COc1cc(C(=O)N(Cc2cc(C(=O)NCC3CC3)no2)CC2CCCO2)cc(OC)c1OC. The third-order valence-electron chi connectivity index (χ3n) is 6.03. The molecule has 1 aromatic carbocycles. The largest absolute Gasteiger partial charge is 0.493 e. The number of nitrogens with zero attached hydrogens (tertiary/aromatic N) is 2. The molecule has 0 spiro atoms. The van der Waals surface area contributed by atoms with Gasteiger partial charge in [0, 0.05) is 31.3 Å². The highest BCUT2D eigenvalue weighted by atomic mass is 16.5. The molecule has 1 aliphatic carbocycles. The summed E-state index contributed by atoms with van der Waals surface area (Å²) in [5.41, 5.74) is 0.572. The Balaban J connectivity index is 1.54. The van der Waals surface area contributed by atoms with Crippen molar-refractivity contribution in [2.45, 2.75) is 38.3 Å². The summed E-state index contributed by atoms with van der Waals surface area (Å²) in [7, 11) is 4.51. The first-order chi connectivity index (χ1) is 16.5. The molecule has 2 aromatic rings. The molecule has 2 amide bonds. The van der Waals surface area contributed by atoms with E-state index in [1.807, 2.05) is 0 Å². The Kier molecular flexibility index (Phi) is 7.56. The lowest BCUT2D eigenvalue weighted by Gasteiger charge is -2.25. The molecule has 10 heteroatoms. The van der Waals surface area contributed by atoms with Gasteiger partial charge in [0.05, 0.1) is 34.0 Å². The minimum Gasteiger partial charge on any atom is -0.493 e. The Bertz CT molecular complexity index is 987. The number of carbonyl (C=O) groups excluding carboxylic acids is 2. The molecule has 1 unspecified atom stereocenters. The topological polar surface area (TPSA) is 112 Å². The highest BCUT2D eigenvalue weighted by Gasteiger charge is 2.28. The van der Waals surface area contributed by atoms with E-state index < -0.39 is 0 Å². The van der Waals surface area contributed by atoms with E-state index in [0.717, 1.165) is 25.7 Å². The number of hydrogen-bond donors (Lipinski definition) is 1. The molecule has 2 aliphatic rings. The van der Waals surface area contributed by atoms with Crippen LogP contribution in [-0.4, -0.2) is 69.0 Å². The fraction of sp³-hybridized carbons (Fsp3) is 0.542. The van der Waals surface area contributed by atoms with Crippen LogP contribution in [0, 0.1) is 5.92 Å². The summed E-state index contributed by atoms with van der Waals surface area (Å²) in [6.07, 6.45) is 4.03. The van der Waals surface area contributed by atoms with Crippen molar-refractivity contribution in [3.8, 4) is 17.2 Å². The fourth-order valence-corrected chi connectivity index (χ4v) is 3.97. The van der Waals surface area contributed by atoms with Crippen molar-refractivity contribution < 1.29 is 33.1 Å². The van der Waals surface area contributed by atoms with Gasteiger partial charge >= 0.3 is 0 Å². The van der Waals surface area contributed by atoms with Gasteiger partial charge in [-0.3, -0.25) is 9.59 Å². The second kappa shape index (κ2) is 10.8. The summed E-state index contributed by atoms with van der Waals surface area (Å²) in [4.78, 5) is 27.5. The van der Waals surface area contributed by atoms with Crippen molar-refractivity contribution in [3.63, 3.8) is 0 Å². The Morgan fingerprint density at radius 2 is 1.82 bits per heavy atom. The number of rotatable bonds is 11. The maximum absolute atomic E-state index is 13.6. The van der Waals surface area contributed by atoms with Gasteiger partial charge in [-0.1, -0.05) is 5.16 Å². The van der Waals surface area contributed by atoms with Crippen LogP contribution >= 0.6 is 0 Å². The number of aromatic nitrogens is 1. The zero-order chi connectivity index (χ0) is 24.1. The minimum atomic E-state index is -0.275. The number of methoxy groups -OCH3 is 3. The van der Waals surface area contributed by atoms with E-state index in [9.17, 15) is 9.59 Å². The van der Waals surface area contributed by atoms with Crippen LogP contribution in [-0.2, 0) is 11.3 Å². The van der Waals surface area contributed by atoms with E-state index in [1.54, 1.807) is 23.1 Å². The summed E-state index contributed by atoms with van der Waals surface area (Å²) in [5, 5.41) is 6.77. The Morgan fingerprint density at radius 1 is 1.09 bits per heavy atom. The molecule has 4 rings (SSSR count). The first-order valence-electron chi connectivity index (χ1n) is 11.5. The number of nitrogens with one attached hydrogen (secondary N) is 1. The molecular weight excluding hydrogens is 442 g/mol. The van der Waals surface area contributed by atoms with E-state index in [0.29, 0.717) is 54.2 Å². The highest BCUT2D eigenvalue weighted by molar-refractivity contribution is 5.96. The smallest absolute Gasteiger partial charge is 0.273 e. The van der Waals surface area contributed by atoms with Crippen LogP contribution in [0.5, 0.6) is 17.2 Å². The van der Waals surface area contributed by atoms with Crippen LogP contribution < -0.4 is 19.5 Å². The van der Waals surface area contributed by atoms with Crippen molar-refractivity contribution in [1.82, 2.24) is 15.4 Å². The molecule has 0 bridgehead atoms. The summed E-state index contributed by atoms with van der Waals surface area (Å²) in [6, 6.07) is 4.81. The van der Waals surface area contributed by atoms with Crippen molar-refractivity contribution in [2.24, 2.45) is 5.92 Å². The molecule has 2 heterocycles. The normalized spacial score (nSPS) is 17.3. The molecule has 1 aliphatic heterocycles. The van der Waals surface area contributed by atoms with Gasteiger partial charge in [-0.2, -0.15) is 0 Å². The molecule has 1 atom stereocenters. The Hall–Kier alpha value is -3.27. The first kappa shape index (κ1) is 23.9. The van der Waals surface area contributed by atoms with Gasteiger partial charge in [0.25, 0.3) is 11.8 Å². The molecule has 1 N–H and O–H groups in total. The van der Waals surface area contributed by atoms with E-state index >= 15 is 0 Å². The summed E-state index contributed by atoms with van der Waals surface area (Å²) >= 11 is 0. The van der Waals surface area contributed by atoms with Crippen LogP contribution in [0.4, 0.5) is 0 Å². The van der Waals surface area contributed by atoms with Gasteiger partial charge in [-0.15, -0.1) is 0 Å². The van der Waals surface area contributed by atoms with Crippen LogP contribution in [0.1, 0.15) is 52.3 Å². The molecule has 1 saturated heterocycles. The second-order valence-corrected chi connectivity index (χ2v) is 8.57. The molecular formula is C24H31N3O7. The predicted molar refractivity (Wildman–Crippen MR) is 121 cm³/mol. The number of hydrogen-bond acceptors (Lipinski definition) is 8. The maximum Gasteiger partial charge on any atom is 0.273 e. The molecule has 1 saturated carbocycles. The first-order valence-corrected chi connectivity index (χ1v) is 11.5. The van der Waals surface area contributed by atoms with Gasteiger partial charge in [-0.25, -0.2) is 0 Å². The molecule has 2 fully saturated rings. The van der Waals surface area contributed by atoms with Gasteiger partial charge in [-0.05, 0) is 43.7 Å². The zero-order valence-corrected chi connectivity index (χ0v) is 19.8. The van der Waals surface area contributed by atoms with Gasteiger partial charge in [0.15, 0.2) is 23.0 Å². The Labute approximate surface area is 198 Å². The van der Waals surface area contributed by atoms with Crippen LogP contribution in [0.25, 0.3) is 0 Å². The molecule has 1 aromatic heterocycles. The van der Waals surface area contributed by atoms with E-state index in [4.69, 9.17) is 23.5 Å². The molecule has 0 radical (unpaired) electrons.